The fraction of sp³-hybridized carbons (Fsp3) is 0.562. The van der Waals surface area contributed by atoms with E-state index in [4.69, 9.17) is 0 Å². The standard InChI is InChI=1S/C16H26FN3O/c1-12(2)9-15(11-20(3)4)18-10-16(21)19-14-7-5-13(17)6-8-14/h5-8,12,15,18H,9-11H2,1-4H3,(H,19,21). The van der Waals surface area contributed by atoms with E-state index in [0.29, 0.717) is 11.6 Å². The Labute approximate surface area is 126 Å². The van der Waals surface area contributed by atoms with E-state index < -0.39 is 0 Å². The van der Waals surface area contributed by atoms with Gasteiger partial charge >= 0.3 is 0 Å². The Morgan fingerprint density at radius 2 is 1.86 bits per heavy atom. The van der Waals surface area contributed by atoms with Crippen molar-refractivity contribution in [2.24, 2.45) is 5.92 Å². The Morgan fingerprint density at radius 1 is 1.24 bits per heavy atom. The van der Waals surface area contributed by atoms with E-state index in [1.807, 2.05) is 14.1 Å². The number of amides is 1. The van der Waals surface area contributed by atoms with Crippen LogP contribution in [-0.2, 0) is 4.79 Å². The van der Waals surface area contributed by atoms with Crippen molar-refractivity contribution in [3.05, 3.63) is 30.1 Å². The molecule has 1 rings (SSSR count). The summed E-state index contributed by atoms with van der Waals surface area (Å²) in [5.41, 5.74) is 0.608. The summed E-state index contributed by atoms with van der Waals surface area (Å²) in [6.07, 6.45) is 1.02. The molecule has 0 aromatic heterocycles. The minimum Gasteiger partial charge on any atom is -0.325 e. The molecule has 0 fully saturated rings. The molecule has 0 aliphatic rings. The molecule has 4 nitrogen and oxygen atoms in total. The number of hydrogen-bond acceptors (Lipinski definition) is 3. The van der Waals surface area contributed by atoms with Gasteiger partial charge in [-0.25, -0.2) is 4.39 Å². The van der Waals surface area contributed by atoms with Crippen LogP contribution in [0.5, 0.6) is 0 Å². The number of carbonyl (C=O) groups is 1. The smallest absolute Gasteiger partial charge is 0.238 e. The van der Waals surface area contributed by atoms with E-state index >= 15 is 0 Å². The molecule has 0 saturated heterocycles. The monoisotopic (exact) mass is 295 g/mol. The maximum Gasteiger partial charge on any atom is 0.238 e. The van der Waals surface area contributed by atoms with E-state index in [1.165, 1.54) is 12.1 Å². The van der Waals surface area contributed by atoms with Gasteiger partial charge in [0.05, 0.1) is 6.54 Å². The summed E-state index contributed by atoms with van der Waals surface area (Å²) in [7, 11) is 4.04. The third kappa shape index (κ3) is 7.78. The molecule has 0 bridgehead atoms. The normalized spacial score (nSPS) is 12.7. The molecule has 0 aliphatic heterocycles. The van der Waals surface area contributed by atoms with E-state index in [1.54, 1.807) is 12.1 Å². The van der Waals surface area contributed by atoms with Gasteiger partial charge in [0.25, 0.3) is 0 Å². The molecule has 0 saturated carbocycles. The van der Waals surface area contributed by atoms with Crippen LogP contribution < -0.4 is 10.6 Å². The van der Waals surface area contributed by atoms with Crippen molar-refractivity contribution in [3.8, 4) is 0 Å². The van der Waals surface area contributed by atoms with Gasteiger partial charge in [0.1, 0.15) is 5.82 Å². The van der Waals surface area contributed by atoms with Crippen LogP contribution in [0.1, 0.15) is 20.3 Å². The Kier molecular flexibility index (Phi) is 7.32. The van der Waals surface area contributed by atoms with Crippen LogP contribution in [0, 0.1) is 11.7 Å². The van der Waals surface area contributed by atoms with Gasteiger partial charge in [0.15, 0.2) is 0 Å². The molecule has 1 aromatic rings. The summed E-state index contributed by atoms with van der Waals surface area (Å²) in [6, 6.07) is 6.05. The zero-order valence-electron chi connectivity index (χ0n) is 13.3. The second-order valence-electron chi connectivity index (χ2n) is 6.02. The van der Waals surface area contributed by atoms with Crippen molar-refractivity contribution in [3.63, 3.8) is 0 Å². The Balaban J connectivity index is 2.43. The summed E-state index contributed by atoms with van der Waals surface area (Å²) in [6.45, 7) is 5.48. The molecule has 1 aromatic carbocycles. The molecule has 0 radical (unpaired) electrons. The average molecular weight is 295 g/mol. The number of nitrogens with one attached hydrogen (secondary N) is 2. The fourth-order valence-electron chi connectivity index (χ4n) is 2.21. The van der Waals surface area contributed by atoms with Crippen molar-refractivity contribution in [1.82, 2.24) is 10.2 Å². The number of benzene rings is 1. The first-order chi connectivity index (χ1) is 9.86. The van der Waals surface area contributed by atoms with Gasteiger partial charge in [-0.15, -0.1) is 0 Å². The first kappa shape index (κ1) is 17.6. The minimum absolute atomic E-state index is 0.117. The highest BCUT2D eigenvalue weighted by Crippen LogP contribution is 2.08. The Bertz CT molecular complexity index is 422. The van der Waals surface area contributed by atoms with Gasteiger partial charge in [0.2, 0.25) is 5.91 Å². The molecular weight excluding hydrogens is 269 g/mol. The van der Waals surface area contributed by atoms with Crippen LogP contribution in [-0.4, -0.2) is 44.0 Å². The molecule has 2 N–H and O–H groups in total. The molecule has 118 valence electrons. The summed E-state index contributed by atoms with van der Waals surface area (Å²) in [5.74, 6) is 0.144. The number of anilines is 1. The van der Waals surface area contributed by atoms with Crippen molar-refractivity contribution in [2.75, 3.05) is 32.5 Å². The number of carbonyl (C=O) groups excluding carboxylic acids is 1. The molecular formula is C16H26FN3O. The number of hydrogen-bond donors (Lipinski definition) is 2. The van der Waals surface area contributed by atoms with Gasteiger partial charge in [-0.1, -0.05) is 13.8 Å². The molecule has 1 amide bonds. The highest BCUT2D eigenvalue weighted by atomic mass is 19.1. The first-order valence-corrected chi connectivity index (χ1v) is 7.30. The molecule has 21 heavy (non-hydrogen) atoms. The zero-order chi connectivity index (χ0) is 15.8. The SMILES string of the molecule is CC(C)CC(CN(C)C)NCC(=O)Nc1ccc(F)cc1. The Hall–Kier alpha value is -1.46. The topological polar surface area (TPSA) is 44.4 Å². The van der Waals surface area contributed by atoms with Gasteiger partial charge in [-0.2, -0.15) is 0 Å². The highest BCUT2D eigenvalue weighted by Gasteiger charge is 2.13. The summed E-state index contributed by atoms with van der Waals surface area (Å²) < 4.78 is 12.8. The molecule has 5 heteroatoms. The largest absolute Gasteiger partial charge is 0.325 e. The summed E-state index contributed by atoms with van der Waals surface area (Å²) >= 11 is 0. The lowest BCUT2D eigenvalue weighted by Crippen LogP contribution is -2.42. The number of nitrogens with zero attached hydrogens (tertiary/aromatic N) is 1. The lowest BCUT2D eigenvalue weighted by atomic mass is 10.0. The number of rotatable bonds is 8. The van der Waals surface area contributed by atoms with E-state index in [9.17, 15) is 9.18 Å². The Morgan fingerprint density at radius 3 is 2.38 bits per heavy atom. The van der Waals surface area contributed by atoms with Crippen molar-refractivity contribution in [1.29, 1.82) is 0 Å². The molecule has 0 spiro atoms. The highest BCUT2D eigenvalue weighted by molar-refractivity contribution is 5.92. The van der Waals surface area contributed by atoms with Crippen molar-refractivity contribution >= 4 is 11.6 Å². The van der Waals surface area contributed by atoms with E-state index in [-0.39, 0.29) is 24.3 Å². The predicted molar refractivity (Wildman–Crippen MR) is 84.8 cm³/mol. The van der Waals surface area contributed by atoms with Crippen LogP contribution in [0.15, 0.2) is 24.3 Å². The van der Waals surface area contributed by atoms with Crippen LogP contribution in [0.3, 0.4) is 0 Å². The van der Waals surface area contributed by atoms with Crippen molar-refractivity contribution < 1.29 is 9.18 Å². The molecule has 1 unspecified atom stereocenters. The minimum atomic E-state index is -0.311. The van der Waals surface area contributed by atoms with Crippen LogP contribution in [0.4, 0.5) is 10.1 Å². The van der Waals surface area contributed by atoms with Gasteiger partial charge in [-0.3, -0.25) is 4.79 Å². The van der Waals surface area contributed by atoms with Crippen LogP contribution >= 0.6 is 0 Å². The maximum absolute atomic E-state index is 12.8. The number of halogens is 1. The fourth-order valence-corrected chi connectivity index (χ4v) is 2.21. The zero-order valence-corrected chi connectivity index (χ0v) is 13.3. The lowest BCUT2D eigenvalue weighted by Gasteiger charge is -2.23. The third-order valence-corrected chi connectivity index (χ3v) is 3.02. The van der Waals surface area contributed by atoms with Crippen molar-refractivity contribution in [2.45, 2.75) is 26.3 Å². The van der Waals surface area contributed by atoms with E-state index in [2.05, 4.69) is 29.4 Å². The molecule has 0 aliphatic carbocycles. The molecule has 0 heterocycles. The van der Waals surface area contributed by atoms with E-state index in [0.717, 1.165) is 13.0 Å². The summed E-state index contributed by atoms with van der Waals surface area (Å²) in [4.78, 5) is 14.0. The third-order valence-electron chi connectivity index (χ3n) is 3.02. The average Bonchev–Trinajstić information content (AvgIpc) is 2.37. The quantitative estimate of drug-likeness (QED) is 0.773. The molecule has 1 atom stereocenters. The summed E-state index contributed by atoms with van der Waals surface area (Å²) in [5, 5.41) is 6.04. The van der Waals surface area contributed by atoms with Gasteiger partial charge < -0.3 is 15.5 Å². The van der Waals surface area contributed by atoms with Gasteiger partial charge in [0, 0.05) is 18.3 Å². The van der Waals surface area contributed by atoms with Crippen LogP contribution in [0.25, 0.3) is 0 Å². The van der Waals surface area contributed by atoms with Crippen LogP contribution in [0.2, 0.25) is 0 Å². The predicted octanol–water partition coefficient (Wildman–Crippen LogP) is 2.33. The second-order valence-corrected chi connectivity index (χ2v) is 6.02. The maximum atomic E-state index is 12.8. The number of likely N-dealkylation sites (N-methyl/N-ethyl adjacent to an activating group) is 1. The lowest BCUT2D eigenvalue weighted by molar-refractivity contribution is -0.115. The second kappa shape index (κ2) is 8.74. The first-order valence-electron chi connectivity index (χ1n) is 7.30. The van der Waals surface area contributed by atoms with Gasteiger partial charge in [-0.05, 0) is 50.7 Å².